The molecule has 1 aromatic carbocycles. The maximum atomic E-state index is 14.0. The van der Waals surface area contributed by atoms with Crippen LogP contribution in [0.4, 0.5) is 0 Å². The van der Waals surface area contributed by atoms with Crippen molar-refractivity contribution in [2.24, 2.45) is 17.8 Å². The number of aromatic nitrogens is 1. The van der Waals surface area contributed by atoms with E-state index in [1.807, 2.05) is 58.0 Å². The molecule has 14 heteroatoms. The van der Waals surface area contributed by atoms with Crippen molar-refractivity contribution in [1.29, 1.82) is 0 Å². The first-order valence-electron chi connectivity index (χ1n) is 17.3. The highest BCUT2D eigenvalue weighted by Crippen LogP contribution is 2.31. The molecule has 1 saturated heterocycles. The highest BCUT2D eigenvalue weighted by molar-refractivity contribution is 7.09. The molecule has 0 unspecified atom stereocenters. The van der Waals surface area contributed by atoms with Crippen molar-refractivity contribution in [3.63, 3.8) is 0 Å². The normalized spacial score (nSPS) is 18.2. The van der Waals surface area contributed by atoms with Crippen LogP contribution in [0.2, 0.25) is 0 Å². The zero-order valence-corrected chi connectivity index (χ0v) is 31.0. The first-order chi connectivity index (χ1) is 23.7. The Bertz CT molecular complexity index is 1430. The molecule has 0 radical (unpaired) electrons. The maximum Gasteiger partial charge on any atom is 0.306 e. The molecule has 0 aliphatic carbocycles. The Morgan fingerprint density at radius 3 is 2.38 bits per heavy atom. The van der Waals surface area contributed by atoms with E-state index in [9.17, 15) is 29.1 Å². The van der Waals surface area contributed by atoms with E-state index in [0.29, 0.717) is 31.0 Å². The van der Waals surface area contributed by atoms with Crippen molar-refractivity contribution in [3.05, 3.63) is 52.0 Å². The second-order valence-corrected chi connectivity index (χ2v) is 14.3. The second kappa shape index (κ2) is 19.5. The number of esters is 1. The molecule has 1 aliphatic rings. The molecule has 50 heavy (non-hydrogen) atoms. The summed E-state index contributed by atoms with van der Waals surface area (Å²) in [5.41, 5.74) is 1.08. The van der Waals surface area contributed by atoms with Gasteiger partial charge in [-0.05, 0) is 30.2 Å². The van der Waals surface area contributed by atoms with E-state index in [2.05, 4.69) is 20.9 Å². The van der Waals surface area contributed by atoms with Gasteiger partial charge < -0.3 is 35.4 Å². The fourth-order valence-corrected chi connectivity index (χ4v) is 6.81. The van der Waals surface area contributed by atoms with Crippen molar-refractivity contribution in [2.45, 2.75) is 97.5 Å². The van der Waals surface area contributed by atoms with Crippen LogP contribution in [0.3, 0.4) is 0 Å². The van der Waals surface area contributed by atoms with Gasteiger partial charge in [-0.25, -0.2) is 4.98 Å². The Morgan fingerprint density at radius 2 is 1.80 bits per heavy atom. The van der Waals surface area contributed by atoms with Crippen molar-refractivity contribution >= 4 is 41.0 Å². The van der Waals surface area contributed by atoms with Crippen LogP contribution in [0.5, 0.6) is 0 Å². The van der Waals surface area contributed by atoms with E-state index in [1.165, 1.54) is 18.3 Å². The number of carbonyl (C=O) groups excluding carboxylic acids is 4. The molecule has 1 aromatic heterocycles. The van der Waals surface area contributed by atoms with Crippen LogP contribution in [0.15, 0.2) is 35.7 Å². The molecule has 7 atom stereocenters. The maximum absolute atomic E-state index is 14.0. The Morgan fingerprint density at radius 1 is 1.10 bits per heavy atom. The van der Waals surface area contributed by atoms with Crippen LogP contribution >= 0.6 is 11.3 Å². The SMILES string of the molecule is CC[C@H](C)[C@H](NC(=O)[C@H]1COCCN1)C(=O)N(C)[C@H](C[C@@H](OC(C)=O)c1nc(C(=O)N[C@@H](Cc2ccccc2)C[C@H](C)C(=O)O)cs1)C(C)C. The Balaban J connectivity index is 1.80. The van der Waals surface area contributed by atoms with Crippen molar-refractivity contribution in [3.8, 4) is 0 Å². The predicted molar refractivity (Wildman–Crippen MR) is 189 cm³/mol. The van der Waals surface area contributed by atoms with Crippen LogP contribution in [0.25, 0.3) is 0 Å². The molecule has 4 N–H and O–H groups in total. The van der Waals surface area contributed by atoms with Gasteiger partial charge in [0.15, 0.2) is 6.10 Å². The summed E-state index contributed by atoms with van der Waals surface area (Å²) < 4.78 is 11.2. The second-order valence-electron chi connectivity index (χ2n) is 13.5. The van der Waals surface area contributed by atoms with E-state index in [0.717, 1.165) is 5.56 Å². The number of likely N-dealkylation sites (N-methyl/N-ethyl adjacent to an activating group) is 1. The third-order valence-corrected chi connectivity index (χ3v) is 10.1. The molecule has 2 heterocycles. The van der Waals surface area contributed by atoms with E-state index >= 15 is 0 Å². The summed E-state index contributed by atoms with van der Waals surface area (Å²) in [5.74, 6) is -3.41. The number of carboxylic acids is 1. The molecule has 276 valence electrons. The largest absolute Gasteiger partial charge is 0.481 e. The fraction of sp³-hybridized carbons (Fsp3) is 0.611. The van der Waals surface area contributed by atoms with Gasteiger partial charge in [0.2, 0.25) is 11.8 Å². The molecule has 3 rings (SSSR count). The average Bonchev–Trinajstić information content (AvgIpc) is 3.59. The summed E-state index contributed by atoms with van der Waals surface area (Å²) in [5, 5.41) is 20.5. The molecular formula is C36H53N5O8S. The third kappa shape index (κ3) is 11.9. The number of amides is 3. The number of nitrogens with one attached hydrogen (secondary N) is 3. The van der Waals surface area contributed by atoms with Crippen LogP contribution in [0.1, 0.15) is 88.0 Å². The smallest absolute Gasteiger partial charge is 0.306 e. The lowest BCUT2D eigenvalue weighted by molar-refractivity contribution is -0.149. The quantitative estimate of drug-likeness (QED) is 0.167. The van der Waals surface area contributed by atoms with Gasteiger partial charge >= 0.3 is 11.9 Å². The van der Waals surface area contributed by atoms with Crippen LogP contribution in [0, 0.1) is 17.8 Å². The molecule has 0 bridgehead atoms. The average molecular weight is 716 g/mol. The minimum atomic E-state index is -0.950. The van der Waals surface area contributed by atoms with Crippen molar-refractivity contribution in [1.82, 2.24) is 25.8 Å². The van der Waals surface area contributed by atoms with Gasteiger partial charge in [0.05, 0.1) is 19.1 Å². The van der Waals surface area contributed by atoms with Gasteiger partial charge in [0.1, 0.15) is 22.8 Å². The molecule has 3 amide bonds. The van der Waals surface area contributed by atoms with Crippen molar-refractivity contribution in [2.75, 3.05) is 26.8 Å². The zero-order chi connectivity index (χ0) is 37.0. The Labute approximate surface area is 298 Å². The molecule has 0 spiro atoms. The number of hydrogen-bond acceptors (Lipinski definition) is 10. The van der Waals surface area contributed by atoms with E-state index < -0.39 is 54.0 Å². The highest BCUT2D eigenvalue weighted by atomic mass is 32.1. The summed E-state index contributed by atoms with van der Waals surface area (Å²) in [4.78, 5) is 70.6. The van der Waals surface area contributed by atoms with Crippen molar-refractivity contribution < 1.29 is 38.6 Å². The molecule has 13 nitrogen and oxygen atoms in total. The van der Waals surface area contributed by atoms with E-state index in [1.54, 1.807) is 24.3 Å². The van der Waals surface area contributed by atoms with Gasteiger partial charge in [-0.15, -0.1) is 11.3 Å². The molecule has 1 fully saturated rings. The van der Waals surface area contributed by atoms with Gasteiger partial charge in [0.25, 0.3) is 5.91 Å². The zero-order valence-electron chi connectivity index (χ0n) is 30.1. The summed E-state index contributed by atoms with van der Waals surface area (Å²) in [7, 11) is 1.69. The van der Waals surface area contributed by atoms with E-state index in [-0.39, 0.29) is 48.8 Å². The van der Waals surface area contributed by atoms with Crippen LogP contribution in [-0.2, 0) is 35.1 Å². The number of carbonyl (C=O) groups is 5. The minimum absolute atomic E-state index is 0.0681. The molecule has 2 aromatic rings. The summed E-state index contributed by atoms with van der Waals surface area (Å²) in [6.07, 6.45) is 0.681. The van der Waals surface area contributed by atoms with Gasteiger partial charge in [-0.2, -0.15) is 0 Å². The number of morpholine rings is 1. The Kier molecular flexibility index (Phi) is 15.8. The molecular weight excluding hydrogens is 662 g/mol. The highest BCUT2D eigenvalue weighted by Gasteiger charge is 2.37. The number of hydrogen-bond donors (Lipinski definition) is 4. The number of carboxylic acid groups (broad SMARTS) is 1. The third-order valence-electron chi connectivity index (χ3n) is 9.14. The van der Waals surface area contributed by atoms with Crippen LogP contribution < -0.4 is 16.0 Å². The predicted octanol–water partition coefficient (Wildman–Crippen LogP) is 3.59. The first-order valence-corrected chi connectivity index (χ1v) is 18.2. The fourth-order valence-electron chi connectivity index (χ4n) is 5.97. The topological polar surface area (TPSA) is 176 Å². The minimum Gasteiger partial charge on any atom is -0.481 e. The van der Waals surface area contributed by atoms with Crippen LogP contribution in [-0.4, -0.2) is 95.6 Å². The number of benzene rings is 1. The van der Waals surface area contributed by atoms with Gasteiger partial charge in [0, 0.05) is 44.4 Å². The summed E-state index contributed by atoms with van der Waals surface area (Å²) in [6.45, 7) is 12.0. The lowest BCUT2D eigenvalue weighted by Gasteiger charge is -2.37. The number of nitrogens with zero attached hydrogens (tertiary/aromatic N) is 2. The standard InChI is InChI=1S/C36H53N5O8S/c1-8-22(4)31(40-32(43)27-19-48-15-14-37-27)35(45)41(7)29(21(2)3)18-30(49-24(6)42)34-39-28(20-50-34)33(44)38-26(16-23(5)36(46)47)17-25-12-10-9-11-13-25/h9-13,20-23,26-27,29-31,37H,8,14-19H2,1-7H3,(H,38,44)(H,40,43)(H,46,47)/t22-,23-,26+,27+,29+,30+,31-/m0/s1. The first kappa shape index (κ1) is 40.5. The number of thiazole rings is 1. The molecule has 1 aliphatic heterocycles. The number of ether oxygens (including phenoxy) is 2. The Hall–Kier alpha value is -3.88. The lowest BCUT2D eigenvalue weighted by Crippen LogP contribution is -2.59. The van der Waals surface area contributed by atoms with E-state index in [4.69, 9.17) is 9.47 Å². The lowest BCUT2D eigenvalue weighted by atomic mass is 9.93. The molecule has 0 saturated carbocycles. The number of rotatable bonds is 18. The number of aliphatic carboxylic acids is 1. The van der Waals surface area contributed by atoms with Gasteiger partial charge in [-0.3, -0.25) is 24.0 Å². The van der Waals surface area contributed by atoms with Gasteiger partial charge in [-0.1, -0.05) is 71.4 Å². The summed E-state index contributed by atoms with van der Waals surface area (Å²) >= 11 is 1.17. The monoisotopic (exact) mass is 715 g/mol. The summed E-state index contributed by atoms with van der Waals surface area (Å²) in [6, 6.07) is 7.29.